The van der Waals surface area contributed by atoms with Crippen molar-refractivity contribution >= 4 is 15.9 Å². The molecule has 2 aromatic carbocycles. The van der Waals surface area contributed by atoms with Gasteiger partial charge in [-0.1, -0.05) is 12.1 Å². The lowest BCUT2D eigenvalue weighted by molar-refractivity contribution is 0.0950. The summed E-state index contributed by atoms with van der Waals surface area (Å²) in [4.78, 5) is 12.0. The SMILES string of the molecule is COCCNS(=O)(=O)c1ccc(CNC(=O)c2ccc(F)c(F)c2)cc1. The van der Waals surface area contributed by atoms with Crippen molar-refractivity contribution in [1.82, 2.24) is 10.0 Å². The first-order valence-electron chi connectivity index (χ1n) is 7.64. The average molecular weight is 384 g/mol. The van der Waals surface area contributed by atoms with Gasteiger partial charge < -0.3 is 10.1 Å². The van der Waals surface area contributed by atoms with E-state index in [2.05, 4.69) is 10.0 Å². The van der Waals surface area contributed by atoms with Crippen LogP contribution in [0.4, 0.5) is 8.78 Å². The molecule has 2 rings (SSSR count). The number of rotatable bonds is 8. The fourth-order valence-corrected chi connectivity index (χ4v) is 3.08. The molecule has 0 saturated carbocycles. The van der Waals surface area contributed by atoms with Gasteiger partial charge in [-0.2, -0.15) is 0 Å². The van der Waals surface area contributed by atoms with Crippen molar-refractivity contribution in [3.63, 3.8) is 0 Å². The van der Waals surface area contributed by atoms with Crippen molar-refractivity contribution in [2.24, 2.45) is 0 Å². The standard InChI is InChI=1S/C17H18F2N2O4S/c1-25-9-8-21-26(23,24)14-5-2-12(3-6-14)11-20-17(22)13-4-7-15(18)16(19)10-13/h2-7,10,21H,8-9,11H2,1H3,(H,20,22). The number of methoxy groups -OCH3 is 1. The van der Waals surface area contributed by atoms with Crippen molar-refractivity contribution in [1.29, 1.82) is 0 Å². The smallest absolute Gasteiger partial charge is 0.251 e. The van der Waals surface area contributed by atoms with Crippen molar-refractivity contribution in [2.75, 3.05) is 20.3 Å². The summed E-state index contributed by atoms with van der Waals surface area (Å²) in [5, 5.41) is 2.55. The first-order chi connectivity index (χ1) is 12.3. The van der Waals surface area contributed by atoms with Crippen LogP contribution in [0.15, 0.2) is 47.4 Å². The molecule has 1 amide bonds. The van der Waals surface area contributed by atoms with Crippen molar-refractivity contribution in [3.8, 4) is 0 Å². The Bertz CT molecular complexity index is 871. The van der Waals surface area contributed by atoms with E-state index in [4.69, 9.17) is 4.74 Å². The van der Waals surface area contributed by atoms with Crippen LogP contribution in [0, 0.1) is 11.6 Å². The fraction of sp³-hybridized carbons (Fsp3) is 0.235. The molecule has 6 nitrogen and oxygen atoms in total. The first-order valence-corrected chi connectivity index (χ1v) is 9.12. The molecular weight excluding hydrogens is 366 g/mol. The van der Waals surface area contributed by atoms with Gasteiger partial charge in [0.2, 0.25) is 10.0 Å². The summed E-state index contributed by atoms with van der Waals surface area (Å²) in [5.74, 6) is -2.70. The molecule has 0 unspecified atom stereocenters. The highest BCUT2D eigenvalue weighted by atomic mass is 32.2. The first kappa shape index (κ1) is 20.0. The van der Waals surface area contributed by atoms with Gasteiger partial charge in [0.1, 0.15) is 0 Å². The molecule has 26 heavy (non-hydrogen) atoms. The topological polar surface area (TPSA) is 84.5 Å². The molecular formula is C17H18F2N2O4S. The van der Waals surface area contributed by atoms with Crippen LogP contribution < -0.4 is 10.0 Å². The van der Waals surface area contributed by atoms with Crippen LogP contribution in [0.3, 0.4) is 0 Å². The summed E-state index contributed by atoms with van der Waals surface area (Å²) in [7, 11) is -2.16. The third kappa shape index (κ3) is 5.32. The molecule has 9 heteroatoms. The molecule has 0 aliphatic heterocycles. The van der Waals surface area contributed by atoms with Crippen LogP contribution in [-0.2, 0) is 21.3 Å². The Labute approximate surface area is 150 Å². The van der Waals surface area contributed by atoms with E-state index in [1.807, 2.05) is 0 Å². The van der Waals surface area contributed by atoms with E-state index in [1.54, 1.807) is 12.1 Å². The summed E-state index contributed by atoms with van der Waals surface area (Å²) >= 11 is 0. The number of hydrogen-bond acceptors (Lipinski definition) is 4. The molecule has 140 valence electrons. The summed E-state index contributed by atoms with van der Waals surface area (Å²) in [6.07, 6.45) is 0. The van der Waals surface area contributed by atoms with Gasteiger partial charge in [0, 0.05) is 25.8 Å². The normalized spacial score (nSPS) is 11.3. The lowest BCUT2D eigenvalue weighted by Crippen LogP contribution is -2.27. The van der Waals surface area contributed by atoms with E-state index in [9.17, 15) is 22.0 Å². The fourth-order valence-electron chi connectivity index (χ4n) is 2.07. The summed E-state index contributed by atoms with van der Waals surface area (Å²) in [6.45, 7) is 0.521. The maximum Gasteiger partial charge on any atom is 0.251 e. The Morgan fingerprint density at radius 3 is 2.38 bits per heavy atom. The largest absolute Gasteiger partial charge is 0.383 e. The maximum atomic E-state index is 13.1. The van der Waals surface area contributed by atoms with Gasteiger partial charge in [-0.3, -0.25) is 4.79 Å². The second kappa shape index (κ2) is 8.84. The number of benzene rings is 2. The number of halogens is 2. The summed E-state index contributed by atoms with van der Waals surface area (Å²) in [5.41, 5.74) is 0.641. The Hall–Kier alpha value is -2.36. The van der Waals surface area contributed by atoms with Crippen LogP contribution in [0.2, 0.25) is 0 Å². The molecule has 0 fully saturated rings. The second-order valence-corrected chi connectivity index (χ2v) is 7.11. The summed E-state index contributed by atoms with van der Waals surface area (Å²) in [6, 6.07) is 8.79. The van der Waals surface area contributed by atoms with E-state index in [-0.39, 0.29) is 30.2 Å². The number of carbonyl (C=O) groups is 1. The molecule has 0 radical (unpaired) electrons. The van der Waals surface area contributed by atoms with Crippen LogP contribution in [0.5, 0.6) is 0 Å². The zero-order valence-electron chi connectivity index (χ0n) is 14.0. The molecule has 0 bridgehead atoms. The minimum absolute atomic E-state index is 0.00885. The van der Waals surface area contributed by atoms with Crippen LogP contribution in [0.1, 0.15) is 15.9 Å². The predicted octanol–water partition coefficient (Wildman–Crippen LogP) is 1.82. The van der Waals surface area contributed by atoms with Gasteiger partial charge >= 0.3 is 0 Å². The van der Waals surface area contributed by atoms with Crippen LogP contribution in [0.25, 0.3) is 0 Å². The molecule has 0 spiro atoms. The Morgan fingerprint density at radius 1 is 1.08 bits per heavy atom. The third-order valence-electron chi connectivity index (χ3n) is 3.47. The zero-order valence-corrected chi connectivity index (χ0v) is 14.8. The quantitative estimate of drug-likeness (QED) is 0.680. The van der Waals surface area contributed by atoms with Gasteiger partial charge in [0.15, 0.2) is 11.6 Å². The number of ether oxygens (including phenoxy) is 1. The van der Waals surface area contributed by atoms with Gasteiger partial charge in [-0.15, -0.1) is 0 Å². The third-order valence-corrected chi connectivity index (χ3v) is 4.94. The van der Waals surface area contributed by atoms with E-state index >= 15 is 0 Å². The monoisotopic (exact) mass is 384 g/mol. The molecule has 0 aromatic heterocycles. The molecule has 0 aliphatic rings. The Balaban J connectivity index is 1.96. The maximum absolute atomic E-state index is 13.1. The average Bonchev–Trinajstić information content (AvgIpc) is 2.62. The Morgan fingerprint density at radius 2 is 1.77 bits per heavy atom. The Kier molecular flexibility index (Phi) is 6.78. The van der Waals surface area contributed by atoms with E-state index < -0.39 is 27.6 Å². The number of nitrogens with one attached hydrogen (secondary N) is 2. The van der Waals surface area contributed by atoms with E-state index in [0.29, 0.717) is 5.56 Å². The number of sulfonamides is 1. The van der Waals surface area contributed by atoms with Gasteiger partial charge in [0.05, 0.1) is 11.5 Å². The van der Waals surface area contributed by atoms with Gasteiger partial charge in [0.25, 0.3) is 5.91 Å². The lowest BCUT2D eigenvalue weighted by atomic mass is 10.2. The van der Waals surface area contributed by atoms with Crippen molar-refractivity contribution in [2.45, 2.75) is 11.4 Å². The van der Waals surface area contributed by atoms with Gasteiger partial charge in [-0.05, 0) is 35.9 Å². The summed E-state index contributed by atoms with van der Waals surface area (Å²) < 4.78 is 57.2. The van der Waals surface area contributed by atoms with Crippen molar-refractivity contribution in [3.05, 3.63) is 65.2 Å². The highest BCUT2D eigenvalue weighted by Crippen LogP contribution is 2.11. The minimum Gasteiger partial charge on any atom is -0.383 e. The number of amides is 1. The van der Waals surface area contributed by atoms with E-state index in [0.717, 1.165) is 12.1 Å². The van der Waals surface area contributed by atoms with Crippen LogP contribution in [-0.4, -0.2) is 34.6 Å². The van der Waals surface area contributed by atoms with E-state index in [1.165, 1.54) is 25.3 Å². The highest BCUT2D eigenvalue weighted by molar-refractivity contribution is 7.89. The zero-order chi connectivity index (χ0) is 19.2. The number of carbonyl (C=O) groups excluding carboxylic acids is 1. The number of hydrogen-bond donors (Lipinski definition) is 2. The second-order valence-electron chi connectivity index (χ2n) is 5.35. The molecule has 0 heterocycles. The predicted molar refractivity (Wildman–Crippen MR) is 91.0 cm³/mol. The lowest BCUT2D eigenvalue weighted by Gasteiger charge is -2.08. The minimum atomic E-state index is -3.63. The molecule has 2 aromatic rings. The van der Waals surface area contributed by atoms with Crippen LogP contribution >= 0.6 is 0 Å². The van der Waals surface area contributed by atoms with Gasteiger partial charge in [-0.25, -0.2) is 21.9 Å². The highest BCUT2D eigenvalue weighted by Gasteiger charge is 2.13. The van der Waals surface area contributed by atoms with Crippen molar-refractivity contribution < 1.29 is 26.7 Å². The molecule has 0 atom stereocenters. The molecule has 2 N–H and O–H groups in total. The molecule has 0 aliphatic carbocycles. The molecule has 0 saturated heterocycles.